The predicted octanol–water partition coefficient (Wildman–Crippen LogP) is 6.47. The maximum atomic E-state index is 9.11. The van der Waals surface area contributed by atoms with Crippen LogP contribution in [0.3, 0.4) is 0 Å². The molecule has 1 aromatic heterocycles. The second-order valence-corrected chi connectivity index (χ2v) is 8.09. The normalized spacial score (nSPS) is 11.4. The third kappa shape index (κ3) is 4.17. The minimum absolute atomic E-state index is 0.436. The first-order valence-corrected chi connectivity index (χ1v) is 10.5. The molecule has 0 aliphatic rings. The first-order chi connectivity index (χ1) is 15.4. The molecule has 0 radical (unpaired) electrons. The number of nitriles is 1. The molecule has 4 rings (SSSR count). The fourth-order valence-corrected chi connectivity index (χ4v) is 3.99. The Morgan fingerprint density at radius 3 is 2.34 bits per heavy atom. The molecular weight excluding hydrogens is 394 g/mol. The highest BCUT2D eigenvalue weighted by Gasteiger charge is 2.15. The van der Waals surface area contributed by atoms with Gasteiger partial charge in [-0.3, -0.25) is 0 Å². The summed E-state index contributed by atoms with van der Waals surface area (Å²) in [4.78, 5) is 9.31. The molecule has 3 N–H and O–H groups in total. The van der Waals surface area contributed by atoms with Gasteiger partial charge < -0.3 is 11.1 Å². The van der Waals surface area contributed by atoms with Crippen LogP contribution in [0, 0.1) is 32.1 Å². The molecule has 0 saturated heterocycles. The first-order valence-electron chi connectivity index (χ1n) is 10.5. The molecular formula is C27H25N5. The lowest BCUT2D eigenvalue weighted by atomic mass is 9.91. The van der Waals surface area contributed by atoms with E-state index in [2.05, 4.69) is 48.4 Å². The summed E-state index contributed by atoms with van der Waals surface area (Å²) in [5, 5.41) is 13.2. The average molecular weight is 420 g/mol. The van der Waals surface area contributed by atoms with Gasteiger partial charge in [-0.25, -0.2) is 4.98 Å². The van der Waals surface area contributed by atoms with E-state index >= 15 is 0 Å². The van der Waals surface area contributed by atoms with E-state index in [-0.39, 0.29) is 0 Å². The monoisotopic (exact) mass is 419 g/mol. The highest BCUT2D eigenvalue weighted by molar-refractivity contribution is 6.00. The van der Waals surface area contributed by atoms with Crippen LogP contribution in [0.5, 0.6) is 0 Å². The summed E-state index contributed by atoms with van der Waals surface area (Å²) in [6, 6.07) is 20.4. The Morgan fingerprint density at radius 2 is 1.69 bits per heavy atom. The van der Waals surface area contributed by atoms with Crippen molar-refractivity contribution in [2.45, 2.75) is 27.7 Å². The van der Waals surface area contributed by atoms with Crippen molar-refractivity contribution in [1.82, 2.24) is 9.97 Å². The number of hydrogen-bond donors (Lipinski definition) is 2. The fourth-order valence-electron chi connectivity index (χ4n) is 3.99. The minimum atomic E-state index is 0.436. The maximum Gasteiger partial charge on any atom is 0.229 e. The molecule has 32 heavy (non-hydrogen) atoms. The van der Waals surface area contributed by atoms with Gasteiger partial charge >= 0.3 is 0 Å². The lowest BCUT2D eigenvalue weighted by molar-refractivity contribution is 1.22. The maximum absolute atomic E-state index is 9.11. The highest BCUT2D eigenvalue weighted by atomic mass is 15.1. The third-order valence-electron chi connectivity index (χ3n) is 5.45. The Kier molecular flexibility index (Phi) is 5.61. The standard InChI is InChI=1S/C27H25N5/c1-16-8-10-21(11-9-16)30-27-31-25-22(6-5-7-23(25)26(29)32-27)24-18(3)13-20(14-19(24)4)12-17(2)15-28/h5-14H,1-4H3,(H3,29,30,31,32)/b17-12-. The summed E-state index contributed by atoms with van der Waals surface area (Å²) in [6.45, 7) is 8.02. The Balaban J connectivity index is 1.85. The number of nitrogen functional groups attached to an aromatic ring is 1. The van der Waals surface area contributed by atoms with E-state index in [0.29, 0.717) is 17.3 Å². The topological polar surface area (TPSA) is 87.6 Å². The van der Waals surface area contributed by atoms with Crippen molar-refractivity contribution < 1.29 is 0 Å². The van der Waals surface area contributed by atoms with Gasteiger partial charge in [-0.15, -0.1) is 0 Å². The number of nitrogens with one attached hydrogen (secondary N) is 1. The van der Waals surface area contributed by atoms with Crippen LogP contribution in [0.2, 0.25) is 0 Å². The van der Waals surface area contributed by atoms with E-state index in [9.17, 15) is 0 Å². The number of benzene rings is 3. The van der Waals surface area contributed by atoms with Crippen LogP contribution < -0.4 is 11.1 Å². The van der Waals surface area contributed by atoms with Gasteiger partial charge in [0.25, 0.3) is 0 Å². The SMILES string of the molecule is C/C(C#N)=C/c1cc(C)c(-c2cccc3c(N)nc(Nc4ccc(C)cc4)nc23)c(C)c1. The number of anilines is 3. The molecule has 0 saturated carbocycles. The van der Waals surface area contributed by atoms with Crippen LogP contribution in [-0.2, 0) is 0 Å². The van der Waals surface area contributed by atoms with Crippen molar-refractivity contribution >= 4 is 34.4 Å². The van der Waals surface area contributed by atoms with Crippen LogP contribution in [0.15, 0.2) is 60.2 Å². The van der Waals surface area contributed by atoms with Gasteiger partial charge in [0.1, 0.15) is 5.82 Å². The van der Waals surface area contributed by atoms with Crippen LogP contribution in [-0.4, -0.2) is 9.97 Å². The molecule has 0 amide bonds. The van der Waals surface area contributed by atoms with E-state index in [4.69, 9.17) is 16.0 Å². The quantitative estimate of drug-likeness (QED) is 0.370. The second-order valence-electron chi connectivity index (χ2n) is 8.09. The zero-order valence-corrected chi connectivity index (χ0v) is 18.7. The largest absolute Gasteiger partial charge is 0.383 e. The van der Waals surface area contributed by atoms with Gasteiger partial charge in [0.15, 0.2) is 0 Å². The number of nitrogens with zero attached hydrogens (tertiary/aromatic N) is 3. The smallest absolute Gasteiger partial charge is 0.229 e. The summed E-state index contributed by atoms with van der Waals surface area (Å²) in [5.41, 5.74) is 15.2. The Hall–Kier alpha value is -4.17. The number of rotatable bonds is 4. The van der Waals surface area contributed by atoms with E-state index in [1.54, 1.807) is 0 Å². The van der Waals surface area contributed by atoms with E-state index in [1.165, 1.54) is 5.56 Å². The fraction of sp³-hybridized carbons (Fsp3) is 0.148. The molecule has 5 nitrogen and oxygen atoms in total. The molecule has 0 spiro atoms. The molecule has 0 bridgehead atoms. The van der Waals surface area contributed by atoms with Gasteiger partial charge in [0.05, 0.1) is 11.6 Å². The summed E-state index contributed by atoms with van der Waals surface area (Å²) in [7, 11) is 0. The minimum Gasteiger partial charge on any atom is -0.383 e. The highest BCUT2D eigenvalue weighted by Crippen LogP contribution is 2.35. The summed E-state index contributed by atoms with van der Waals surface area (Å²) in [6.07, 6.45) is 1.90. The van der Waals surface area contributed by atoms with Crippen molar-refractivity contribution in [3.05, 3.63) is 82.4 Å². The van der Waals surface area contributed by atoms with Gasteiger partial charge in [-0.05, 0) is 74.2 Å². The number of aryl methyl sites for hydroxylation is 3. The molecule has 0 aliphatic heterocycles. The van der Waals surface area contributed by atoms with Gasteiger partial charge in [0, 0.05) is 22.2 Å². The Bertz CT molecular complexity index is 1370. The average Bonchev–Trinajstić information content (AvgIpc) is 2.75. The molecule has 1 heterocycles. The van der Waals surface area contributed by atoms with Crippen molar-refractivity contribution in [2.24, 2.45) is 0 Å². The number of para-hydroxylation sites is 1. The van der Waals surface area contributed by atoms with Crippen molar-refractivity contribution in [3.63, 3.8) is 0 Å². The van der Waals surface area contributed by atoms with E-state index in [0.717, 1.165) is 44.4 Å². The Labute approximate surface area is 188 Å². The molecule has 0 fully saturated rings. The van der Waals surface area contributed by atoms with Crippen LogP contribution in [0.25, 0.3) is 28.1 Å². The molecule has 0 aliphatic carbocycles. The van der Waals surface area contributed by atoms with Crippen molar-refractivity contribution in [2.75, 3.05) is 11.1 Å². The zero-order valence-electron chi connectivity index (χ0n) is 18.7. The molecule has 4 aromatic rings. The molecule has 0 atom stereocenters. The molecule has 5 heteroatoms. The summed E-state index contributed by atoms with van der Waals surface area (Å²) in [5.74, 6) is 0.900. The predicted molar refractivity (Wildman–Crippen MR) is 133 cm³/mol. The number of nitrogens with two attached hydrogens (primary N) is 1. The van der Waals surface area contributed by atoms with Gasteiger partial charge in [-0.2, -0.15) is 10.2 Å². The number of aromatic nitrogens is 2. The third-order valence-corrected chi connectivity index (χ3v) is 5.45. The van der Waals surface area contributed by atoms with E-state index in [1.807, 2.05) is 56.3 Å². The summed E-state index contributed by atoms with van der Waals surface area (Å²) < 4.78 is 0. The number of hydrogen-bond acceptors (Lipinski definition) is 5. The zero-order chi connectivity index (χ0) is 22.8. The van der Waals surface area contributed by atoms with Gasteiger partial charge in [0.2, 0.25) is 5.95 Å². The second kappa shape index (κ2) is 8.52. The lowest BCUT2D eigenvalue weighted by Crippen LogP contribution is -2.03. The van der Waals surface area contributed by atoms with Crippen molar-refractivity contribution in [3.8, 4) is 17.2 Å². The molecule has 0 unspecified atom stereocenters. The van der Waals surface area contributed by atoms with Crippen LogP contribution in [0.4, 0.5) is 17.5 Å². The van der Waals surface area contributed by atoms with Gasteiger partial charge in [-0.1, -0.05) is 42.0 Å². The van der Waals surface area contributed by atoms with Crippen molar-refractivity contribution in [1.29, 1.82) is 5.26 Å². The molecule has 158 valence electrons. The number of fused-ring (bicyclic) bond motifs is 1. The van der Waals surface area contributed by atoms with E-state index < -0.39 is 0 Å². The number of allylic oxidation sites excluding steroid dienone is 1. The molecule has 3 aromatic carbocycles. The Morgan fingerprint density at radius 1 is 1.00 bits per heavy atom. The first kappa shape index (κ1) is 21.1. The van der Waals surface area contributed by atoms with Crippen LogP contribution in [0.1, 0.15) is 29.2 Å². The summed E-state index contributed by atoms with van der Waals surface area (Å²) >= 11 is 0. The lowest BCUT2D eigenvalue weighted by Gasteiger charge is -2.15. The van der Waals surface area contributed by atoms with Crippen LogP contribution >= 0.6 is 0 Å².